The summed E-state index contributed by atoms with van der Waals surface area (Å²) in [6, 6.07) is 0. The van der Waals surface area contributed by atoms with Crippen molar-refractivity contribution in [3.8, 4) is 5.19 Å². The first kappa shape index (κ1) is 11.9. The fraction of sp³-hybridized carbons (Fsp3) is 0.750. The zero-order valence-electron chi connectivity index (χ0n) is 8.41. The van der Waals surface area contributed by atoms with Gasteiger partial charge in [0.1, 0.15) is 0 Å². The van der Waals surface area contributed by atoms with Crippen molar-refractivity contribution in [3.63, 3.8) is 0 Å². The topological polar surface area (TPSA) is 44.2 Å². The molecule has 14 heavy (non-hydrogen) atoms. The van der Waals surface area contributed by atoms with Gasteiger partial charge in [0.15, 0.2) is 3.92 Å². The Kier molecular flexibility index (Phi) is 4.28. The van der Waals surface area contributed by atoms with Crippen LogP contribution < -0.4 is 4.74 Å². The van der Waals surface area contributed by atoms with E-state index in [1.807, 2.05) is 13.8 Å². The Morgan fingerprint density at radius 3 is 2.64 bits per heavy atom. The average Bonchev–Trinajstić information content (AvgIpc) is 2.51. The van der Waals surface area contributed by atoms with Crippen molar-refractivity contribution < 1.29 is 9.47 Å². The molecule has 1 aromatic heterocycles. The molecule has 0 N–H and O–H groups in total. The highest BCUT2D eigenvalue weighted by molar-refractivity contribution is 9.11. The molecule has 1 aromatic rings. The van der Waals surface area contributed by atoms with Crippen LogP contribution in [0.2, 0.25) is 0 Å². The summed E-state index contributed by atoms with van der Waals surface area (Å²) in [5.41, 5.74) is -0.151. The molecule has 0 aliphatic carbocycles. The molecule has 1 heterocycles. The van der Waals surface area contributed by atoms with Crippen LogP contribution in [0.25, 0.3) is 0 Å². The van der Waals surface area contributed by atoms with Crippen LogP contribution in [0.1, 0.15) is 20.3 Å². The van der Waals surface area contributed by atoms with Gasteiger partial charge in [-0.2, -0.15) is 0 Å². The third kappa shape index (κ3) is 3.89. The number of methoxy groups -OCH3 is 1. The third-order valence-corrected chi connectivity index (χ3v) is 3.13. The number of nitrogens with zero attached hydrogens (tertiary/aromatic N) is 2. The molecule has 6 heteroatoms. The Morgan fingerprint density at radius 2 is 2.14 bits per heavy atom. The van der Waals surface area contributed by atoms with E-state index in [1.165, 1.54) is 11.3 Å². The first-order chi connectivity index (χ1) is 6.53. The number of halogens is 1. The van der Waals surface area contributed by atoms with Crippen molar-refractivity contribution in [2.75, 3.05) is 13.7 Å². The molecule has 0 fully saturated rings. The monoisotopic (exact) mass is 280 g/mol. The van der Waals surface area contributed by atoms with Crippen molar-refractivity contribution >= 4 is 27.3 Å². The van der Waals surface area contributed by atoms with Gasteiger partial charge in [-0.25, -0.2) is 0 Å². The predicted molar refractivity (Wildman–Crippen MR) is 58.8 cm³/mol. The van der Waals surface area contributed by atoms with Crippen LogP contribution in [-0.4, -0.2) is 29.5 Å². The average molecular weight is 281 g/mol. The van der Waals surface area contributed by atoms with Crippen LogP contribution in [-0.2, 0) is 4.74 Å². The van der Waals surface area contributed by atoms with Gasteiger partial charge in [-0.3, -0.25) is 0 Å². The molecule has 0 saturated heterocycles. The summed E-state index contributed by atoms with van der Waals surface area (Å²) in [6.07, 6.45) is 0.820. The minimum Gasteiger partial charge on any atom is -0.469 e. The second-order valence-corrected chi connectivity index (χ2v) is 5.60. The quantitative estimate of drug-likeness (QED) is 0.831. The maximum atomic E-state index is 5.40. The van der Waals surface area contributed by atoms with E-state index < -0.39 is 0 Å². The first-order valence-electron chi connectivity index (χ1n) is 4.20. The Balaban J connectivity index is 2.28. The lowest BCUT2D eigenvalue weighted by atomic mass is 10.1. The molecular formula is C8H13BrN2O2S. The van der Waals surface area contributed by atoms with Crippen LogP contribution in [0.3, 0.4) is 0 Å². The predicted octanol–water partition coefficient (Wildman–Crippen LogP) is 2.49. The lowest BCUT2D eigenvalue weighted by molar-refractivity contribution is 0.00538. The molecule has 0 unspecified atom stereocenters. The van der Waals surface area contributed by atoms with Gasteiger partial charge < -0.3 is 9.47 Å². The Hall–Kier alpha value is -0.200. The highest BCUT2D eigenvalue weighted by Gasteiger charge is 2.16. The lowest BCUT2D eigenvalue weighted by Crippen LogP contribution is -2.25. The minimum atomic E-state index is -0.151. The van der Waals surface area contributed by atoms with Gasteiger partial charge in [0.25, 0.3) is 5.19 Å². The van der Waals surface area contributed by atoms with Crippen molar-refractivity contribution in [2.45, 2.75) is 25.9 Å². The zero-order valence-corrected chi connectivity index (χ0v) is 10.8. The smallest absolute Gasteiger partial charge is 0.294 e. The summed E-state index contributed by atoms with van der Waals surface area (Å²) in [4.78, 5) is 0. The van der Waals surface area contributed by atoms with Gasteiger partial charge in [0.05, 0.1) is 12.2 Å². The third-order valence-electron chi connectivity index (χ3n) is 1.86. The minimum absolute atomic E-state index is 0.151. The summed E-state index contributed by atoms with van der Waals surface area (Å²) in [6.45, 7) is 4.63. The molecule has 0 aromatic carbocycles. The van der Waals surface area contributed by atoms with Gasteiger partial charge in [-0.1, -0.05) is 5.10 Å². The van der Waals surface area contributed by atoms with Crippen molar-refractivity contribution in [1.82, 2.24) is 10.2 Å². The Labute approximate surface area is 95.8 Å². The lowest BCUT2D eigenvalue weighted by Gasteiger charge is -2.21. The normalized spacial score (nSPS) is 11.7. The molecule has 0 spiro atoms. The van der Waals surface area contributed by atoms with Gasteiger partial charge in [-0.05, 0) is 41.1 Å². The molecule has 0 aliphatic rings. The summed E-state index contributed by atoms with van der Waals surface area (Å²) < 4.78 is 11.4. The zero-order chi connectivity index (χ0) is 10.6. The van der Waals surface area contributed by atoms with Crippen LogP contribution in [0, 0.1) is 0 Å². The van der Waals surface area contributed by atoms with E-state index in [-0.39, 0.29) is 5.60 Å². The second-order valence-electron chi connectivity index (χ2n) is 3.38. The van der Waals surface area contributed by atoms with E-state index in [1.54, 1.807) is 7.11 Å². The fourth-order valence-corrected chi connectivity index (χ4v) is 1.68. The van der Waals surface area contributed by atoms with Gasteiger partial charge >= 0.3 is 0 Å². The maximum absolute atomic E-state index is 5.40. The van der Waals surface area contributed by atoms with E-state index in [4.69, 9.17) is 9.47 Å². The number of hydrogen-bond acceptors (Lipinski definition) is 5. The van der Waals surface area contributed by atoms with Crippen LogP contribution >= 0.6 is 27.3 Å². The largest absolute Gasteiger partial charge is 0.469 e. The molecule has 1 rings (SSSR count). The summed E-state index contributed by atoms with van der Waals surface area (Å²) >= 11 is 4.59. The number of aromatic nitrogens is 2. The molecule has 0 atom stereocenters. The van der Waals surface area contributed by atoms with Crippen molar-refractivity contribution in [1.29, 1.82) is 0 Å². The van der Waals surface area contributed by atoms with Crippen molar-refractivity contribution in [3.05, 3.63) is 3.92 Å². The molecule has 4 nitrogen and oxygen atoms in total. The van der Waals surface area contributed by atoms with E-state index in [0.717, 1.165) is 10.3 Å². The second kappa shape index (κ2) is 5.04. The van der Waals surface area contributed by atoms with Crippen LogP contribution in [0.4, 0.5) is 0 Å². The summed E-state index contributed by atoms with van der Waals surface area (Å²) in [5, 5.41) is 8.19. The van der Waals surface area contributed by atoms with E-state index in [0.29, 0.717) is 11.8 Å². The molecule has 0 bridgehead atoms. The highest BCUT2D eigenvalue weighted by Crippen LogP contribution is 2.23. The summed E-state index contributed by atoms with van der Waals surface area (Å²) in [7, 11) is 1.70. The Bertz CT molecular complexity index is 291. The van der Waals surface area contributed by atoms with E-state index in [9.17, 15) is 0 Å². The SMILES string of the molecule is COC(C)(C)CCOc1nnc(Br)s1. The van der Waals surface area contributed by atoms with Gasteiger partial charge in [0, 0.05) is 13.5 Å². The highest BCUT2D eigenvalue weighted by atomic mass is 79.9. The van der Waals surface area contributed by atoms with E-state index in [2.05, 4.69) is 26.1 Å². The van der Waals surface area contributed by atoms with Gasteiger partial charge in [-0.15, -0.1) is 5.10 Å². The molecular weight excluding hydrogens is 268 g/mol. The Morgan fingerprint density at radius 1 is 1.43 bits per heavy atom. The van der Waals surface area contributed by atoms with Gasteiger partial charge in [0.2, 0.25) is 0 Å². The first-order valence-corrected chi connectivity index (χ1v) is 5.81. The van der Waals surface area contributed by atoms with Crippen molar-refractivity contribution in [2.24, 2.45) is 0 Å². The van der Waals surface area contributed by atoms with E-state index >= 15 is 0 Å². The molecule has 0 radical (unpaired) electrons. The number of ether oxygens (including phenoxy) is 2. The van der Waals surface area contributed by atoms with Crippen LogP contribution in [0.5, 0.6) is 5.19 Å². The molecule has 0 saturated carbocycles. The standard InChI is InChI=1S/C8H13BrN2O2S/c1-8(2,12-3)4-5-13-7-11-10-6(9)14-7/h4-5H2,1-3H3. The summed E-state index contributed by atoms with van der Waals surface area (Å²) in [5.74, 6) is 0. The number of rotatable bonds is 5. The molecule has 0 aliphatic heterocycles. The number of hydrogen-bond donors (Lipinski definition) is 0. The van der Waals surface area contributed by atoms with Crippen LogP contribution in [0.15, 0.2) is 3.92 Å². The molecule has 0 amide bonds. The molecule has 80 valence electrons. The maximum Gasteiger partial charge on any atom is 0.294 e. The fourth-order valence-electron chi connectivity index (χ4n) is 0.738.